The van der Waals surface area contributed by atoms with E-state index in [9.17, 15) is 4.79 Å². The Labute approximate surface area is 154 Å². The molecular formula is C20H26N2O4. The monoisotopic (exact) mass is 358 g/mol. The number of benzene rings is 1. The fraction of sp³-hybridized carbons (Fsp3) is 0.400. The summed E-state index contributed by atoms with van der Waals surface area (Å²) < 4.78 is 13.0. The number of rotatable bonds is 12. The van der Waals surface area contributed by atoms with Crippen LogP contribution in [0.1, 0.15) is 31.2 Å². The van der Waals surface area contributed by atoms with Crippen LogP contribution in [-0.2, 0) is 22.7 Å². The van der Waals surface area contributed by atoms with Gasteiger partial charge in [0.2, 0.25) is 0 Å². The van der Waals surface area contributed by atoms with Gasteiger partial charge >= 0.3 is 5.97 Å². The fourth-order valence-electron chi connectivity index (χ4n) is 2.53. The topological polar surface area (TPSA) is 73.6 Å². The van der Waals surface area contributed by atoms with Gasteiger partial charge < -0.3 is 19.1 Å². The lowest BCUT2D eigenvalue weighted by atomic mass is 10.1. The van der Waals surface area contributed by atoms with Crippen molar-refractivity contribution in [2.75, 3.05) is 13.7 Å². The van der Waals surface area contributed by atoms with Gasteiger partial charge in [-0.2, -0.15) is 0 Å². The van der Waals surface area contributed by atoms with Gasteiger partial charge in [0.15, 0.2) is 0 Å². The summed E-state index contributed by atoms with van der Waals surface area (Å²) in [6.45, 7) is 1.79. The summed E-state index contributed by atoms with van der Waals surface area (Å²) in [7, 11) is 1.65. The number of allylic oxidation sites excluding steroid dienone is 1. The van der Waals surface area contributed by atoms with Crippen molar-refractivity contribution in [3.8, 4) is 5.75 Å². The maximum atomic E-state index is 10.6. The zero-order chi connectivity index (χ0) is 18.6. The molecular weight excluding hydrogens is 332 g/mol. The molecule has 0 aliphatic heterocycles. The largest absolute Gasteiger partial charge is 0.497 e. The van der Waals surface area contributed by atoms with Crippen LogP contribution in [-0.4, -0.2) is 34.3 Å². The highest BCUT2D eigenvalue weighted by Crippen LogP contribution is 2.13. The second-order valence-electron chi connectivity index (χ2n) is 6.08. The van der Waals surface area contributed by atoms with Crippen LogP contribution in [0.3, 0.4) is 0 Å². The Bertz CT molecular complexity index is 678. The Kier molecular flexibility index (Phi) is 8.42. The summed E-state index contributed by atoms with van der Waals surface area (Å²) in [5.74, 6) is 0.0891. The molecule has 140 valence electrons. The second-order valence-corrected chi connectivity index (χ2v) is 6.08. The second kappa shape index (κ2) is 11.1. The summed E-state index contributed by atoms with van der Waals surface area (Å²) in [6.07, 6.45) is 10.2. The van der Waals surface area contributed by atoms with Gasteiger partial charge in [-0.05, 0) is 42.5 Å². The predicted octanol–water partition coefficient (Wildman–Crippen LogP) is 3.68. The highest BCUT2D eigenvalue weighted by molar-refractivity contribution is 5.66. The van der Waals surface area contributed by atoms with E-state index in [1.54, 1.807) is 19.6 Å². The first kappa shape index (κ1) is 19.7. The first-order chi connectivity index (χ1) is 12.7. The van der Waals surface area contributed by atoms with E-state index in [2.05, 4.69) is 11.1 Å². The lowest BCUT2D eigenvalue weighted by Crippen LogP contribution is -2.06. The molecule has 2 aromatic rings. The molecule has 0 spiro atoms. The van der Waals surface area contributed by atoms with E-state index in [4.69, 9.17) is 14.6 Å². The molecule has 6 heteroatoms. The normalized spacial score (nSPS) is 11.5. The molecule has 6 nitrogen and oxygen atoms in total. The summed E-state index contributed by atoms with van der Waals surface area (Å²) in [4.78, 5) is 14.6. The molecule has 0 aliphatic carbocycles. The van der Waals surface area contributed by atoms with Gasteiger partial charge in [0.25, 0.3) is 0 Å². The average molecular weight is 358 g/mol. The third kappa shape index (κ3) is 7.53. The van der Waals surface area contributed by atoms with Crippen LogP contribution in [0, 0.1) is 0 Å². The standard InChI is InChI=1S/C20H26N2O4/c1-25-19-9-7-17(8-10-19)14-26-15-18(13-22-12-11-21-16-22)5-3-2-4-6-20(23)24/h5,7-12,16H,2-4,6,13-15H2,1H3,(H,23,24)/b18-5+. The number of aromatic nitrogens is 2. The van der Waals surface area contributed by atoms with Gasteiger partial charge in [-0.15, -0.1) is 0 Å². The smallest absolute Gasteiger partial charge is 0.303 e. The number of imidazole rings is 1. The fourth-order valence-corrected chi connectivity index (χ4v) is 2.53. The van der Waals surface area contributed by atoms with Crippen LogP contribution in [0.4, 0.5) is 0 Å². The van der Waals surface area contributed by atoms with Gasteiger partial charge in [-0.3, -0.25) is 4.79 Å². The predicted molar refractivity (Wildman–Crippen MR) is 99.1 cm³/mol. The maximum Gasteiger partial charge on any atom is 0.303 e. The van der Waals surface area contributed by atoms with Crippen molar-refractivity contribution in [3.05, 3.63) is 60.2 Å². The minimum atomic E-state index is -0.740. The van der Waals surface area contributed by atoms with Crippen LogP contribution in [0.5, 0.6) is 5.75 Å². The molecule has 0 atom stereocenters. The number of unbranched alkanes of at least 4 members (excludes halogenated alkanes) is 2. The van der Waals surface area contributed by atoms with E-state index >= 15 is 0 Å². The molecule has 2 rings (SSSR count). The van der Waals surface area contributed by atoms with Crippen molar-refractivity contribution in [3.63, 3.8) is 0 Å². The zero-order valence-electron chi connectivity index (χ0n) is 15.1. The van der Waals surface area contributed by atoms with Gasteiger partial charge in [-0.25, -0.2) is 4.98 Å². The third-order valence-electron chi connectivity index (χ3n) is 3.94. The molecule has 1 heterocycles. The van der Waals surface area contributed by atoms with Crippen molar-refractivity contribution < 1.29 is 19.4 Å². The first-order valence-corrected chi connectivity index (χ1v) is 8.73. The molecule has 0 amide bonds. The minimum absolute atomic E-state index is 0.221. The van der Waals surface area contributed by atoms with E-state index in [1.165, 1.54) is 0 Å². The van der Waals surface area contributed by atoms with E-state index in [-0.39, 0.29) is 6.42 Å². The lowest BCUT2D eigenvalue weighted by molar-refractivity contribution is -0.137. The SMILES string of the molecule is COc1ccc(COC/C(=C/CCCCC(=O)O)Cn2ccnc2)cc1. The Morgan fingerprint density at radius 3 is 2.73 bits per heavy atom. The number of carboxylic acid groups (broad SMARTS) is 1. The first-order valence-electron chi connectivity index (χ1n) is 8.73. The molecule has 1 aromatic carbocycles. The van der Waals surface area contributed by atoms with E-state index in [1.807, 2.05) is 35.0 Å². The van der Waals surface area contributed by atoms with Gasteiger partial charge in [-0.1, -0.05) is 18.2 Å². The molecule has 0 aliphatic rings. The number of hydrogen-bond acceptors (Lipinski definition) is 4. The molecule has 0 saturated carbocycles. The third-order valence-corrected chi connectivity index (χ3v) is 3.94. The number of carbonyl (C=O) groups is 1. The summed E-state index contributed by atoms with van der Waals surface area (Å²) >= 11 is 0. The highest BCUT2D eigenvalue weighted by Gasteiger charge is 2.02. The van der Waals surface area contributed by atoms with Crippen molar-refractivity contribution in [2.24, 2.45) is 0 Å². The lowest BCUT2D eigenvalue weighted by Gasteiger charge is -2.10. The van der Waals surface area contributed by atoms with Crippen LogP contribution in [0.25, 0.3) is 0 Å². The maximum absolute atomic E-state index is 10.6. The molecule has 0 radical (unpaired) electrons. The van der Waals surface area contributed by atoms with Gasteiger partial charge in [0, 0.05) is 25.4 Å². The molecule has 0 saturated heterocycles. The van der Waals surface area contributed by atoms with Crippen molar-refractivity contribution in [1.82, 2.24) is 9.55 Å². The summed E-state index contributed by atoms with van der Waals surface area (Å²) in [6, 6.07) is 7.82. The van der Waals surface area contributed by atoms with Crippen molar-refractivity contribution in [2.45, 2.75) is 38.8 Å². The van der Waals surface area contributed by atoms with Gasteiger partial charge in [0.05, 0.1) is 26.7 Å². The quantitative estimate of drug-likeness (QED) is 0.463. The number of methoxy groups -OCH3 is 1. The summed E-state index contributed by atoms with van der Waals surface area (Å²) in [5.41, 5.74) is 2.25. The van der Waals surface area contributed by atoms with Crippen LogP contribution in [0.15, 0.2) is 54.6 Å². The van der Waals surface area contributed by atoms with Crippen LogP contribution in [0.2, 0.25) is 0 Å². The molecule has 0 fully saturated rings. The molecule has 1 N–H and O–H groups in total. The number of aliphatic carboxylic acids is 1. The zero-order valence-corrected chi connectivity index (χ0v) is 15.1. The Morgan fingerprint density at radius 1 is 1.27 bits per heavy atom. The Hall–Kier alpha value is -2.60. The van der Waals surface area contributed by atoms with Crippen LogP contribution >= 0.6 is 0 Å². The van der Waals surface area contributed by atoms with E-state index in [0.717, 1.165) is 36.3 Å². The summed E-state index contributed by atoms with van der Waals surface area (Å²) in [5, 5.41) is 8.70. The van der Waals surface area contributed by atoms with E-state index < -0.39 is 5.97 Å². The highest BCUT2D eigenvalue weighted by atomic mass is 16.5. The van der Waals surface area contributed by atoms with Crippen LogP contribution < -0.4 is 4.74 Å². The molecule has 26 heavy (non-hydrogen) atoms. The average Bonchev–Trinajstić information content (AvgIpc) is 3.14. The molecule has 0 unspecified atom stereocenters. The Morgan fingerprint density at radius 2 is 2.08 bits per heavy atom. The Balaban J connectivity index is 1.82. The van der Waals surface area contributed by atoms with Crippen molar-refractivity contribution in [1.29, 1.82) is 0 Å². The van der Waals surface area contributed by atoms with E-state index in [0.29, 0.717) is 19.6 Å². The molecule has 0 bridgehead atoms. The van der Waals surface area contributed by atoms with Crippen molar-refractivity contribution >= 4 is 5.97 Å². The number of carboxylic acids is 1. The minimum Gasteiger partial charge on any atom is -0.497 e. The number of hydrogen-bond donors (Lipinski definition) is 1. The molecule has 1 aromatic heterocycles. The van der Waals surface area contributed by atoms with Gasteiger partial charge in [0.1, 0.15) is 5.75 Å². The number of ether oxygens (including phenoxy) is 2. The number of nitrogens with zero attached hydrogens (tertiary/aromatic N) is 2.